The van der Waals surface area contributed by atoms with Crippen LogP contribution in [0.5, 0.6) is 0 Å². The molecule has 3 rings (SSSR count). The van der Waals surface area contributed by atoms with Crippen LogP contribution in [0.3, 0.4) is 0 Å². The summed E-state index contributed by atoms with van der Waals surface area (Å²) < 4.78 is 6.28. The van der Waals surface area contributed by atoms with E-state index in [1.807, 2.05) is 0 Å². The Morgan fingerprint density at radius 1 is 1.30 bits per heavy atom. The number of nitrogens with zero attached hydrogens (tertiary/aromatic N) is 2. The van der Waals surface area contributed by atoms with Crippen molar-refractivity contribution in [2.45, 2.75) is 26.3 Å². The summed E-state index contributed by atoms with van der Waals surface area (Å²) in [7, 11) is 0. The zero-order valence-electron chi connectivity index (χ0n) is 12.8. The lowest BCUT2D eigenvalue weighted by atomic mass is 9.99. The Bertz CT molecular complexity index is 811. The van der Waals surface area contributed by atoms with Crippen LogP contribution in [0.15, 0.2) is 27.4 Å². The van der Waals surface area contributed by atoms with Gasteiger partial charge in [-0.15, -0.1) is 0 Å². The van der Waals surface area contributed by atoms with Crippen molar-refractivity contribution >= 4 is 23.0 Å². The molecule has 1 fully saturated rings. The second kappa shape index (κ2) is 5.91. The lowest BCUT2D eigenvalue weighted by molar-refractivity contribution is -0.133. The van der Waals surface area contributed by atoms with Crippen molar-refractivity contribution in [3.8, 4) is 0 Å². The van der Waals surface area contributed by atoms with E-state index in [-0.39, 0.29) is 23.6 Å². The molecule has 2 aromatic rings. The molecule has 0 aliphatic carbocycles. The number of benzene rings is 1. The average molecular weight is 318 g/mol. The van der Waals surface area contributed by atoms with Gasteiger partial charge in [-0.05, 0) is 37.0 Å². The molecule has 1 aromatic heterocycles. The molecule has 23 heavy (non-hydrogen) atoms. The number of oxazole rings is 1. The van der Waals surface area contributed by atoms with Gasteiger partial charge in [0.1, 0.15) is 6.54 Å². The van der Waals surface area contributed by atoms with E-state index in [9.17, 15) is 14.4 Å². The van der Waals surface area contributed by atoms with Crippen LogP contribution < -0.4 is 5.76 Å². The Hall–Kier alpha value is -2.57. The van der Waals surface area contributed by atoms with Crippen molar-refractivity contribution in [3.63, 3.8) is 0 Å². The second-order valence-electron chi connectivity index (χ2n) is 6.01. The number of likely N-dealkylation sites (tertiary alicyclic amines) is 1. The standard InChI is InChI=1S/C16H18N2O5/c1-10-4-6-17(7-5-10)14(19)9-18-12-8-11(15(20)21)2-3-13(12)23-16(18)22/h2-3,8,10H,4-7,9H2,1H3,(H,20,21). The van der Waals surface area contributed by atoms with Gasteiger partial charge >= 0.3 is 11.7 Å². The minimum Gasteiger partial charge on any atom is -0.478 e. The lowest BCUT2D eigenvalue weighted by Crippen LogP contribution is -2.40. The molecule has 7 heteroatoms. The molecule has 122 valence electrons. The molecule has 1 aliphatic rings. The third kappa shape index (κ3) is 2.99. The normalized spacial score (nSPS) is 16.0. The lowest BCUT2D eigenvalue weighted by Gasteiger charge is -2.30. The van der Waals surface area contributed by atoms with Gasteiger partial charge in [-0.1, -0.05) is 6.92 Å². The highest BCUT2D eigenvalue weighted by Gasteiger charge is 2.22. The smallest absolute Gasteiger partial charge is 0.420 e. The number of aromatic nitrogens is 1. The molecule has 0 radical (unpaired) electrons. The molecular formula is C16H18N2O5. The molecule has 1 amide bonds. The highest BCUT2D eigenvalue weighted by Crippen LogP contribution is 2.18. The predicted molar refractivity (Wildman–Crippen MR) is 82.4 cm³/mol. The van der Waals surface area contributed by atoms with Crippen LogP contribution in [-0.2, 0) is 11.3 Å². The minimum atomic E-state index is -1.09. The van der Waals surface area contributed by atoms with E-state index in [1.54, 1.807) is 4.90 Å². The topological polar surface area (TPSA) is 92.8 Å². The first kappa shape index (κ1) is 15.3. The Kier molecular flexibility index (Phi) is 3.94. The molecule has 1 saturated heterocycles. The number of piperidine rings is 1. The fourth-order valence-corrected chi connectivity index (χ4v) is 2.84. The van der Waals surface area contributed by atoms with E-state index >= 15 is 0 Å². The summed E-state index contributed by atoms with van der Waals surface area (Å²) >= 11 is 0. The number of rotatable bonds is 3. The molecule has 1 N–H and O–H groups in total. The summed E-state index contributed by atoms with van der Waals surface area (Å²) in [6, 6.07) is 4.16. The summed E-state index contributed by atoms with van der Waals surface area (Å²) in [4.78, 5) is 37.2. The van der Waals surface area contributed by atoms with Crippen molar-refractivity contribution in [1.29, 1.82) is 0 Å². The molecule has 0 unspecified atom stereocenters. The number of fused-ring (bicyclic) bond motifs is 1. The number of aromatic carboxylic acids is 1. The van der Waals surface area contributed by atoms with Gasteiger partial charge in [-0.25, -0.2) is 9.59 Å². The maximum absolute atomic E-state index is 12.4. The van der Waals surface area contributed by atoms with Crippen LogP contribution in [0, 0.1) is 5.92 Å². The first-order chi connectivity index (χ1) is 11.0. The van der Waals surface area contributed by atoms with Crippen LogP contribution in [0.4, 0.5) is 0 Å². The zero-order valence-corrected chi connectivity index (χ0v) is 12.8. The third-order valence-corrected chi connectivity index (χ3v) is 4.34. The van der Waals surface area contributed by atoms with E-state index in [1.165, 1.54) is 22.8 Å². The van der Waals surface area contributed by atoms with Gasteiger partial charge in [-0.3, -0.25) is 9.36 Å². The van der Waals surface area contributed by atoms with Crippen molar-refractivity contribution in [1.82, 2.24) is 9.47 Å². The van der Waals surface area contributed by atoms with Crippen LogP contribution in [-0.4, -0.2) is 39.5 Å². The Balaban J connectivity index is 1.88. The maximum atomic E-state index is 12.4. The summed E-state index contributed by atoms with van der Waals surface area (Å²) in [6.45, 7) is 3.39. The predicted octanol–water partition coefficient (Wildman–Crippen LogP) is 1.55. The number of hydrogen-bond acceptors (Lipinski definition) is 4. The monoisotopic (exact) mass is 318 g/mol. The quantitative estimate of drug-likeness (QED) is 0.927. The van der Waals surface area contributed by atoms with E-state index in [4.69, 9.17) is 9.52 Å². The van der Waals surface area contributed by atoms with Gasteiger partial charge in [0.05, 0.1) is 11.1 Å². The molecule has 0 atom stereocenters. The Labute approximate surface area is 132 Å². The summed E-state index contributed by atoms with van der Waals surface area (Å²) in [5.41, 5.74) is 0.653. The molecular weight excluding hydrogens is 300 g/mol. The minimum absolute atomic E-state index is 0.0475. The third-order valence-electron chi connectivity index (χ3n) is 4.34. The first-order valence-corrected chi connectivity index (χ1v) is 7.60. The first-order valence-electron chi connectivity index (χ1n) is 7.60. The fraction of sp³-hybridized carbons (Fsp3) is 0.438. The van der Waals surface area contributed by atoms with Crippen molar-refractivity contribution in [2.24, 2.45) is 5.92 Å². The Morgan fingerprint density at radius 3 is 2.65 bits per heavy atom. The van der Waals surface area contributed by atoms with Gasteiger partial charge < -0.3 is 14.4 Å². The molecule has 0 bridgehead atoms. The molecule has 1 aliphatic heterocycles. The molecule has 7 nitrogen and oxygen atoms in total. The van der Waals surface area contributed by atoms with E-state index in [0.717, 1.165) is 12.8 Å². The number of carboxylic acid groups (broad SMARTS) is 1. The summed E-state index contributed by atoms with van der Waals surface area (Å²) in [5.74, 6) is -1.29. The molecule has 0 saturated carbocycles. The van der Waals surface area contributed by atoms with Crippen LogP contribution >= 0.6 is 0 Å². The van der Waals surface area contributed by atoms with E-state index < -0.39 is 11.7 Å². The van der Waals surface area contributed by atoms with Gasteiger partial charge in [0, 0.05) is 13.1 Å². The highest BCUT2D eigenvalue weighted by molar-refractivity contribution is 5.92. The number of carbonyl (C=O) groups is 2. The average Bonchev–Trinajstić information content (AvgIpc) is 2.83. The van der Waals surface area contributed by atoms with E-state index in [2.05, 4.69) is 6.92 Å². The fourth-order valence-electron chi connectivity index (χ4n) is 2.84. The van der Waals surface area contributed by atoms with Crippen LogP contribution in [0.1, 0.15) is 30.1 Å². The van der Waals surface area contributed by atoms with Crippen LogP contribution in [0.25, 0.3) is 11.1 Å². The highest BCUT2D eigenvalue weighted by atomic mass is 16.4. The van der Waals surface area contributed by atoms with Crippen molar-refractivity contribution in [3.05, 3.63) is 34.3 Å². The Morgan fingerprint density at radius 2 is 2.00 bits per heavy atom. The molecule has 2 heterocycles. The SMILES string of the molecule is CC1CCN(C(=O)Cn2c(=O)oc3ccc(C(=O)O)cc32)CC1. The number of carbonyl (C=O) groups excluding carboxylic acids is 1. The number of amides is 1. The van der Waals surface area contributed by atoms with Crippen molar-refractivity contribution < 1.29 is 19.1 Å². The number of hydrogen-bond donors (Lipinski definition) is 1. The maximum Gasteiger partial charge on any atom is 0.420 e. The summed E-state index contributed by atoms with van der Waals surface area (Å²) in [6.07, 6.45) is 1.91. The van der Waals surface area contributed by atoms with Crippen molar-refractivity contribution in [2.75, 3.05) is 13.1 Å². The summed E-state index contributed by atoms with van der Waals surface area (Å²) in [5, 5.41) is 9.06. The second-order valence-corrected chi connectivity index (χ2v) is 6.01. The van der Waals surface area contributed by atoms with E-state index in [0.29, 0.717) is 24.5 Å². The van der Waals surface area contributed by atoms with Gasteiger partial charge in [0.2, 0.25) is 5.91 Å². The number of carboxylic acids is 1. The molecule has 0 spiro atoms. The van der Waals surface area contributed by atoms with Gasteiger partial charge in [-0.2, -0.15) is 0 Å². The van der Waals surface area contributed by atoms with Gasteiger partial charge in [0.15, 0.2) is 5.58 Å². The molecule has 1 aromatic carbocycles. The van der Waals surface area contributed by atoms with Crippen LogP contribution in [0.2, 0.25) is 0 Å². The zero-order chi connectivity index (χ0) is 16.6. The largest absolute Gasteiger partial charge is 0.478 e. The van der Waals surface area contributed by atoms with Gasteiger partial charge in [0.25, 0.3) is 0 Å².